The predicted molar refractivity (Wildman–Crippen MR) is 163 cm³/mol. The summed E-state index contributed by atoms with van der Waals surface area (Å²) >= 11 is 0. The van der Waals surface area contributed by atoms with Gasteiger partial charge in [0.05, 0.1) is 26.4 Å². The Hall–Kier alpha value is -4.65. The molecule has 0 atom stereocenters. The minimum atomic E-state index is -0.208. The molecule has 2 aromatic carbocycles. The number of carbonyl (C=O) groups is 1. The summed E-state index contributed by atoms with van der Waals surface area (Å²) in [6, 6.07) is 21.2. The van der Waals surface area contributed by atoms with Crippen molar-refractivity contribution < 1.29 is 14.3 Å². The van der Waals surface area contributed by atoms with Crippen LogP contribution in [0.1, 0.15) is 21.5 Å². The highest BCUT2D eigenvalue weighted by molar-refractivity contribution is 5.95. The highest BCUT2D eigenvalue weighted by Gasteiger charge is 2.10. The van der Waals surface area contributed by atoms with Crippen LogP contribution in [0.4, 0.5) is 23.5 Å². The van der Waals surface area contributed by atoms with E-state index < -0.39 is 0 Å². The summed E-state index contributed by atoms with van der Waals surface area (Å²) in [5.41, 5.74) is 8.80. The SMILES string of the molecule is NCCOCCOCCNC(=O)c1cccc(Nc2nc(NCCc3ccccc3)nc(NCc3ccncc3)n2)c1. The molecule has 12 nitrogen and oxygen atoms in total. The zero-order valence-electron chi connectivity index (χ0n) is 23.5. The van der Waals surface area contributed by atoms with Crippen molar-refractivity contribution in [3.63, 3.8) is 0 Å². The van der Waals surface area contributed by atoms with E-state index >= 15 is 0 Å². The summed E-state index contributed by atoms with van der Waals surface area (Å²) in [5.74, 6) is 0.976. The summed E-state index contributed by atoms with van der Waals surface area (Å²) in [4.78, 5) is 30.4. The molecule has 2 heterocycles. The fraction of sp³-hybridized carbons (Fsp3) is 0.300. The average molecular weight is 572 g/mol. The van der Waals surface area contributed by atoms with Gasteiger partial charge in [-0.15, -0.1) is 0 Å². The molecule has 1 amide bonds. The lowest BCUT2D eigenvalue weighted by molar-refractivity contribution is 0.0511. The van der Waals surface area contributed by atoms with Gasteiger partial charge >= 0.3 is 0 Å². The first-order chi connectivity index (χ1) is 20.7. The van der Waals surface area contributed by atoms with Crippen molar-refractivity contribution in [2.24, 2.45) is 5.73 Å². The van der Waals surface area contributed by atoms with E-state index in [9.17, 15) is 4.79 Å². The zero-order valence-corrected chi connectivity index (χ0v) is 23.5. The van der Waals surface area contributed by atoms with Crippen molar-refractivity contribution in [1.29, 1.82) is 0 Å². The summed E-state index contributed by atoms with van der Waals surface area (Å²) < 4.78 is 10.7. The Morgan fingerprint density at radius 1 is 0.738 bits per heavy atom. The molecule has 42 heavy (non-hydrogen) atoms. The van der Waals surface area contributed by atoms with Crippen LogP contribution in [0, 0.1) is 0 Å². The van der Waals surface area contributed by atoms with Crippen molar-refractivity contribution in [3.05, 3.63) is 95.8 Å². The van der Waals surface area contributed by atoms with Crippen molar-refractivity contribution >= 4 is 29.4 Å². The number of nitrogens with two attached hydrogens (primary N) is 1. The third kappa shape index (κ3) is 10.7. The molecule has 0 spiro atoms. The molecule has 220 valence electrons. The Balaban J connectivity index is 1.36. The number of benzene rings is 2. The van der Waals surface area contributed by atoms with E-state index in [2.05, 4.69) is 53.3 Å². The lowest BCUT2D eigenvalue weighted by Gasteiger charge is -2.12. The van der Waals surface area contributed by atoms with Gasteiger partial charge in [0.25, 0.3) is 5.91 Å². The van der Waals surface area contributed by atoms with E-state index in [4.69, 9.17) is 15.2 Å². The van der Waals surface area contributed by atoms with Crippen LogP contribution < -0.4 is 27.0 Å². The second-order valence-electron chi connectivity index (χ2n) is 9.15. The number of nitrogens with zero attached hydrogens (tertiary/aromatic N) is 4. The van der Waals surface area contributed by atoms with E-state index in [0.717, 1.165) is 12.0 Å². The standard InChI is InChI=1S/C30H37N9O3/c31-12-17-41-19-20-42-18-16-33-27(40)25-7-4-8-26(21-25)36-30-38-28(34-15-11-23-5-2-1-3-6-23)37-29(39-30)35-22-24-9-13-32-14-10-24/h1-10,13-14,21H,11-12,15-20,22,31H2,(H,33,40)(H3,34,35,36,37,38,39). The number of hydrogen-bond donors (Lipinski definition) is 5. The zero-order chi connectivity index (χ0) is 29.2. The number of amides is 1. The number of nitrogens with one attached hydrogen (secondary N) is 4. The van der Waals surface area contributed by atoms with Crippen LogP contribution in [0.5, 0.6) is 0 Å². The van der Waals surface area contributed by atoms with Crippen LogP contribution in [-0.4, -0.2) is 71.9 Å². The molecule has 4 rings (SSSR count). The van der Waals surface area contributed by atoms with Crippen molar-refractivity contribution in [3.8, 4) is 0 Å². The second kappa shape index (κ2) is 17.2. The summed E-state index contributed by atoms with van der Waals surface area (Å²) in [7, 11) is 0. The summed E-state index contributed by atoms with van der Waals surface area (Å²) in [6.45, 7) is 3.85. The molecule has 12 heteroatoms. The second-order valence-corrected chi connectivity index (χ2v) is 9.15. The van der Waals surface area contributed by atoms with Gasteiger partial charge in [0.1, 0.15) is 0 Å². The van der Waals surface area contributed by atoms with Crippen LogP contribution >= 0.6 is 0 Å². The first-order valence-electron chi connectivity index (χ1n) is 13.9. The van der Waals surface area contributed by atoms with Gasteiger partial charge in [-0.25, -0.2) is 0 Å². The van der Waals surface area contributed by atoms with Gasteiger partial charge in [0.15, 0.2) is 0 Å². The van der Waals surface area contributed by atoms with Crippen LogP contribution in [0.2, 0.25) is 0 Å². The number of rotatable bonds is 18. The molecule has 0 aliphatic heterocycles. The van der Waals surface area contributed by atoms with Gasteiger partial charge in [-0.3, -0.25) is 9.78 Å². The smallest absolute Gasteiger partial charge is 0.251 e. The first kappa shape index (κ1) is 30.3. The quantitative estimate of drug-likeness (QED) is 0.112. The highest BCUT2D eigenvalue weighted by atomic mass is 16.5. The van der Waals surface area contributed by atoms with E-state index in [-0.39, 0.29) is 5.91 Å². The van der Waals surface area contributed by atoms with Crippen molar-refractivity contribution in [1.82, 2.24) is 25.3 Å². The molecule has 0 saturated carbocycles. The van der Waals surface area contributed by atoms with Gasteiger partial charge < -0.3 is 36.5 Å². The fourth-order valence-electron chi connectivity index (χ4n) is 3.85. The molecular formula is C30H37N9O3. The first-order valence-corrected chi connectivity index (χ1v) is 13.9. The lowest BCUT2D eigenvalue weighted by Crippen LogP contribution is -2.27. The Morgan fingerprint density at radius 2 is 1.48 bits per heavy atom. The predicted octanol–water partition coefficient (Wildman–Crippen LogP) is 3.00. The average Bonchev–Trinajstić information content (AvgIpc) is 3.02. The molecule has 6 N–H and O–H groups in total. The van der Waals surface area contributed by atoms with E-state index in [1.54, 1.807) is 30.6 Å². The number of ether oxygens (including phenoxy) is 2. The lowest BCUT2D eigenvalue weighted by atomic mass is 10.1. The largest absolute Gasteiger partial charge is 0.378 e. The van der Waals surface area contributed by atoms with Gasteiger partial charge in [-0.1, -0.05) is 36.4 Å². The Bertz CT molecular complexity index is 1360. The molecule has 0 bridgehead atoms. The monoisotopic (exact) mass is 571 g/mol. The van der Waals surface area contributed by atoms with E-state index in [0.29, 0.717) is 81.7 Å². The van der Waals surface area contributed by atoms with Gasteiger partial charge in [0.2, 0.25) is 17.8 Å². The van der Waals surface area contributed by atoms with Crippen LogP contribution in [-0.2, 0) is 22.4 Å². The Labute approximate surface area is 245 Å². The summed E-state index contributed by atoms with van der Waals surface area (Å²) in [5, 5.41) is 12.6. The topological polar surface area (TPSA) is 161 Å². The number of hydrogen-bond acceptors (Lipinski definition) is 11. The molecule has 2 aromatic heterocycles. The van der Waals surface area contributed by atoms with E-state index in [1.165, 1.54) is 5.56 Å². The minimum absolute atomic E-state index is 0.208. The Kier molecular flexibility index (Phi) is 12.4. The molecule has 0 aliphatic rings. The molecule has 0 unspecified atom stereocenters. The van der Waals surface area contributed by atoms with Crippen molar-refractivity contribution in [2.75, 3.05) is 62.0 Å². The number of aromatic nitrogens is 4. The molecular weight excluding hydrogens is 534 g/mol. The van der Waals surface area contributed by atoms with Gasteiger partial charge in [0, 0.05) is 49.8 Å². The van der Waals surface area contributed by atoms with Gasteiger partial charge in [-0.2, -0.15) is 15.0 Å². The molecule has 0 aliphatic carbocycles. The molecule has 0 fully saturated rings. The molecule has 0 saturated heterocycles. The Morgan fingerprint density at radius 3 is 2.26 bits per heavy atom. The fourth-order valence-corrected chi connectivity index (χ4v) is 3.85. The van der Waals surface area contributed by atoms with Crippen LogP contribution in [0.25, 0.3) is 0 Å². The normalized spacial score (nSPS) is 10.7. The maximum absolute atomic E-state index is 12.7. The summed E-state index contributed by atoms with van der Waals surface area (Å²) in [6.07, 6.45) is 4.30. The number of anilines is 4. The van der Waals surface area contributed by atoms with Gasteiger partial charge in [-0.05, 0) is 47.9 Å². The molecule has 0 radical (unpaired) electrons. The third-order valence-electron chi connectivity index (χ3n) is 5.92. The maximum atomic E-state index is 12.7. The maximum Gasteiger partial charge on any atom is 0.251 e. The van der Waals surface area contributed by atoms with Crippen LogP contribution in [0.15, 0.2) is 79.1 Å². The number of pyridine rings is 1. The molecule has 4 aromatic rings. The van der Waals surface area contributed by atoms with E-state index in [1.807, 2.05) is 36.4 Å². The highest BCUT2D eigenvalue weighted by Crippen LogP contribution is 2.18. The van der Waals surface area contributed by atoms with Crippen molar-refractivity contribution in [2.45, 2.75) is 13.0 Å². The number of carbonyl (C=O) groups excluding carboxylic acids is 1. The third-order valence-corrected chi connectivity index (χ3v) is 5.92. The van der Waals surface area contributed by atoms with Crippen LogP contribution in [0.3, 0.4) is 0 Å². The minimum Gasteiger partial charge on any atom is -0.378 e.